The number of carbonyl (C=O) groups excluding carboxylic acids is 1. The van der Waals surface area contributed by atoms with E-state index in [4.69, 9.17) is 8.92 Å². The quantitative estimate of drug-likeness (QED) is 0.645. The van der Waals surface area contributed by atoms with Gasteiger partial charge in [0.15, 0.2) is 0 Å². The molecule has 7 nitrogen and oxygen atoms in total. The highest BCUT2D eigenvalue weighted by Crippen LogP contribution is 2.17. The zero-order chi connectivity index (χ0) is 20.6. The van der Waals surface area contributed by atoms with E-state index in [1.54, 1.807) is 36.3 Å². The van der Waals surface area contributed by atoms with Crippen molar-refractivity contribution in [3.63, 3.8) is 0 Å². The monoisotopic (exact) mass is 406 g/mol. The van der Waals surface area contributed by atoms with Gasteiger partial charge in [0.1, 0.15) is 5.75 Å². The van der Waals surface area contributed by atoms with Crippen molar-refractivity contribution < 1.29 is 22.1 Å². The molecule has 0 radical (unpaired) electrons. The van der Waals surface area contributed by atoms with E-state index in [1.807, 2.05) is 31.2 Å². The number of nitrogens with one attached hydrogen (secondary N) is 1. The summed E-state index contributed by atoms with van der Waals surface area (Å²) >= 11 is 0. The van der Waals surface area contributed by atoms with E-state index in [0.717, 1.165) is 11.1 Å². The lowest BCUT2D eigenvalue weighted by Crippen LogP contribution is -2.36. The van der Waals surface area contributed by atoms with Gasteiger partial charge in [-0.25, -0.2) is 4.79 Å². The van der Waals surface area contributed by atoms with Crippen LogP contribution in [0.2, 0.25) is 0 Å². The van der Waals surface area contributed by atoms with E-state index < -0.39 is 10.1 Å². The molecule has 0 aromatic heterocycles. The Hall–Kier alpha value is -2.58. The van der Waals surface area contributed by atoms with Gasteiger partial charge < -0.3 is 19.1 Å². The van der Waals surface area contributed by atoms with E-state index in [-0.39, 0.29) is 17.5 Å². The first kappa shape index (κ1) is 21.7. The number of urea groups is 1. The summed E-state index contributed by atoms with van der Waals surface area (Å²) in [5.41, 5.74) is 2.67. The zero-order valence-electron chi connectivity index (χ0n) is 16.3. The van der Waals surface area contributed by atoms with Crippen LogP contribution in [0.25, 0.3) is 0 Å². The average Bonchev–Trinajstić information content (AvgIpc) is 2.68. The molecule has 0 saturated heterocycles. The first-order valence-corrected chi connectivity index (χ1v) is 10.5. The molecule has 8 heteroatoms. The summed E-state index contributed by atoms with van der Waals surface area (Å²) in [5.74, 6) is 0.150. The van der Waals surface area contributed by atoms with E-state index in [1.165, 1.54) is 6.92 Å². The number of benzene rings is 2. The molecule has 2 amide bonds. The maximum atomic E-state index is 12.7. The molecule has 0 unspecified atom stereocenters. The van der Waals surface area contributed by atoms with E-state index in [9.17, 15) is 13.2 Å². The maximum absolute atomic E-state index is 12.7. The van der Waals surface area contributed by atoms with Crippen LogP contribution in [0, 0.1) is 6.92 Å². The summed E-state index contributed by atoms with van der Waals surface area (Å²) in [4.78, 5) is 14.3. The smallest absolute Gasteiger partial charge is 0.322 e. The fourth-order valence-electron chi connectivity index (χ4n) is 2.37. The molecule has 2 rings (SSSR count). The third kappa shape index (κ3) is 6.86. The standard InChI is InChI=1S/C20H26N2O5S/c1-4-28(24,25)27-19-11-7-17(8-12-19)15-22(13-14-26-3)20(23)21-18-9-5-16(2)6-10-18/h5-12H,4,13-15H2,1-3H3,(H,21,23). The molecule has 0 atom stereocenters. The van der Waals surface area contributed by atoms with Crippen molar-refractivity contribution in [3.8, 4) is 5.75 Å². The molecule has 28 heavy (non-hydrogen) atoms. The second kappa shape index (κ2) is 10.1. The molecule has 0 bridgehead atoms. The van der Waals surface area contributed by atoms with Crippen LogP contribution in [-0.2, 0) is 21.4 Å². The number of hydrogen-bond acceptors (Lipinski definition) is 5. The Balaban J connectivity index is 2.06. The van der Waals surface area contributed by atoms with Gasteiger partial charge in [0.2, 0.25) is 0 Å². The molecule has 0 aliphatic rings. The van der Waals surface area contributed by atoms with Crippen LogP contribution in [-0.4, -0.2) is 45.4 Å². The van der Waals surface area contributed by atoms with Crippen molar-refractivity contribution in [3.05, 3.63) is 59.7 Å². The van der Waals surface area contributed by atoms with E-state index >= 15 is 0 Å². The van der Waals surface area contributed by atoms with Gasteiger partial charge in [-0.2, -0.15) is 8.42 Å². The van der Waals surface area contributed by atoms with E-state index in [0.29, 0.717) is 25.4 Å². The Kier molecular flexibility index (Phi) is 7.83. The Morgan fingerprint density at radius 1 is 1.07 bits per heavy atom. The summed E-state index contributed by atoms with van der Waals surface area (Å²) in [6.45, 7) is 4.66. The maximum Gasteiger partial charge on any atom is 0.322 e. The topological polar surface area (TPSA) is 84.9 Å². The van der Waals surface area contributed by atoms with Gasteiger partial charge in [-0.15, -0.1) is 0 Å². The normalized spacial score (nSPS) is 11.1. The number of methoxy groups -OCH3 is 1. The minimum atomic E-state index is -3.56. The lowest BCUT2D eigenvalue weighted by molar-refractivity contribution is 0.153. The highest BCUT2D eigenvalue weighted by atomic mass is 32.2. The molecule has 0 aliphatic heterocycles. The summed E-state index contributed by atoms with van der Waals surface area (Å²) in [6.07, 6.45) is 0. The number of rotatable bonds is 9. The highest BCUT2D eigenvalue weighted by Gasteiger charge is 2.15. The minimum absolute atomic E-state index is 0.0985. The van der Waals surface area contributed by atoms with Crippen LogP contribution < -0.4 is 9.50 Å². The van der Waals surface area contributed by atoms with Crippen LogP contribution in [0.1, 0.15) is 18.1 Å². The SMILES string of the molecule is CCS(=O)(=O)Oc1ccc(CN(CCOC)C(=O)Nc2ccc(C)cc2)cc1. The number of ether oxygens (including phenoxy) is 1. The van der Waals surface area contributed by atoms with Crippen molar-refractivity contribution in [1.29, 1.82) is 0 Å². The highest BCUT2D eigenvalue weighted by molar-refractivity contribution is 7.87. The molecule has 0 aliphatic carbocycles. The predicted molar refractivity (Wildman–Crippen MR) is 109 cm³/mol. The van der Waals surface area contributed by atoms with Crippen molar-refractivity contribution >= 4 is 21.8 Å². The average molecular weight is 407 g/mol. The van der Waals surface area contributed by atoms with Crippen LogP contribution in [0.4, 0.5) is 10.5 Å². The van der Waals surface area contributed by atoms with Gasteiger partial charge in [-0.1, -0.05) is 29.8 Å². The summed E-state index contributed by atoms with van der Waals surface area (Å²) in [6, 6.07) is 13.9. The molecule has 2 aromatic rings. The second-order valence-corrected chi connectivity index (χ2v) is 8.14. The molecule has 0 heterocycles. The summed E-state index contributed by atoms with van der Waals surface area (Å²) < 4.78 is 33.1. The molecule has 2 aromatic carbocycles. The number of hydrogen-bond donors (Lipinski definition) is 1. The van der Waals surface area contributed by atoms with Crippen LogP contribution in [0.5, 0.6) is 5.75 Å². The number of anilines is 1. The number of aryl methyl sites for hydroxylation is 1. The third-order valence-electron chi connectivity index (χ3n) is 4.03. The van der Waals surface area contributed by atoms with Crippen LogP contribution in [0.15, 0.2) is 48.5 Å². The van der Waals surface area contributed by atoms with Crippen molar-refractivity contribution in [2.45, 2.75) is 20.4 Å². The third-order valence-corrected chi connectivity index (χ3v) is 5.18. The summed E-state index contributed by atoms with van der Waals surface area (Å²) in [5, 5.41) is 2.88. The summed E-state index contributed by atoms with van der Waals surface area (Å²) in [7, 11) is -1.98. The fourth-order valence-corrected chi connectivity index (χ4v) is 2.89. The lowest BCUT2D eigenvalue weighted by atomic mass is 10.2. The fraction of sp³-hybridized carbons (Fsp3) is 0.350. The minimum Gasteiger partial charge on any atom is -0.383 e. The Labute approximate surface area is 166 Å². The molecule has 0 spiro atoms. The molecular weight excluding hydrogens is 380 g/mol. The Morgan fingerprint density at radius 2 is 1.71 bits per heavy atom. The Bertz CT molecular complexity index is 864. The largest absolute Gasteiger partial charge is 0.383 e. The number of carbonyl (C=O) groups is 1. The zero-order valence-corrected chi connectivity index (χ0v) is 17.2. The number of nitrogens with zero attached hydrogens (tertiary/aromatic N) is 1. The first-order chi connectivity index (χ1) is 13.3. The predicted octanol–water partition coefficient (Wildman–Crippen LogP) is 3.40. The van der Waals surface area contributed by atoms with Crippen LogP contribution in [0.3, 0.4) is 0 Å². The van der Waals surface area contributed by atoms with Crippen LogP contribution >= 0.6 is 0 Å². The van der Waals surface area contributed by atoms with Gasteiger partial charge in [-0.05, 0) is 43.7 Å². The van der Waals surface area contributed by atoms with Gasteiger partial charge >= 0.3 is 16.1 Å². The van der Waals surface area contributed by atoms with Crippen molar-refractivity contribution in [2.24, 2.45) is 0 Å². The number of amides is 2. The van der Waals surface area contributed by atoms with Gasteiger partial charge in [0.05, 0.1) is 12.4 Å². The van der Waals surface area contributed by atoms with Gasteiger partial charge in [0.25, 0.3) is 0 Å². The lowest BCUT2D eigenvalue weighted by Gasteiger charge is -2.23. The van der Waals surface area contributed by atoms with Crippen molar-refractivity contribution in [2.75, 3.05) is 31.3 Å². The first-order valence-electron chi connectivity index (χ1n) is 8.95. The molecule has 1 N–H and O–H groups in total. The molecule has 152 valence electrons. The van der Waals surface area contributed by atoms with Gasteiger partial charge in [-0.3, -0.25) is 0 Å². The van der Waals surface area contributed by atoms with Crippen molar-refractivity contribution in [1.82, 2.24) is 4.90 Å². The molecule has 0 saturated carbocycles. The van der Waals surface area contributed by atoms with E-state index in [2.05, 4.69) is 5.32 Å². The Morgan fingerprint density at radius 3 is 2.29 bits per heavy atom. The molecular formula is C20H26N2O5S. The molecule has 0 fully saturated rings. The van der Waals surface area contributed by atoms with Gasteiger partial charge in [0, 0.05) is 25.9 Å². The second-order valence-electron chi connectivity index (χ2n) is 6.28.